The average Bonchev–Trinajstić information content (AvgIpc) is 2.35. The number of unbranched alkanes of at least 4 members (excludes halogenated alkanes) is 1. The zero-order chi connectivity index (χ0) is 13.4. The van der Waals surface area contributed by atoms with Crippen molar-refractivity contribution in [1.82, 2.24) is 5.32 Å². The van der Waals surface area contributed by atoms with Crippen molar-refractivity contribution in [3.63, 3.8) is 0 Å². The summed E-state index contributed by atoms with van der Waals surface area (Å²) in [7, 11) is 4.07. The molecule has 1 aromatic carbocycles. The van der Waals surface area contributed by atoms with Gasteiger partial charge in [0.05, 0.1) is 0 Å². The predicted octanol–water partition coefficient (Wildman–Crippen LogP) is 2.91. The lowest BCUT2D eigenvalue weighted by atomic mass is 10.3. The molecule has 0 fully saturated rings. The number of nitrogens with one attached hydrogen (secondary N) is 1. The van der Waals surface area contributed by atoms with Crippen LogP contribution in [-0.2, 0) is 0 Å². The van der Waals surface area contributed by atoms with Gasteiger partial charge in [-0.3, -0.25) is 0 Å². The molecule has 102 valence electrons. The van der Waals surface area contributed by atoms with Crippen LogP contribution in [-0.4, -0.2) is 33.3 Å². The van der Waals surface area contributed by atoms with Gasteiger partial charge in [0.2, 0.25) is 0 Å². The van der Waals surface area contributed by atoms with Gasteiger partial charge in [-0.25, -0.2) is 0 Å². The monoisotopic (exact) mass is 250 g/mol. The minimum atomic E-state index is 0.194. The van der Waals surface area contributed by atoms with Crippen LogP contribution in [0.3, 0.4) is 0 Å². The summed E-state index contributed by atoms with van der Waals surface area (Å²) < 4.78 is 5.90. The van der Waals surface area contributed by atoms with Crippen LogP contribution in [0.4, 0.5) is 5.69 Å². The molecule has 0 aliphatic carbocycles. The highest BCUT2D eigenvalue weighted by molar-refractivity contribution is 5.49. The number of hydrogen-bond donors (Lipinski definition) is 1. The molecule has 1 atom stereocenters. The van der Waals surface area contributed by atoms with E-state index in [1.807, 2.05) is 26.2 Å². The Morgan fingerprint density at radius 1 is 1.33 bits per heavy atom. The molecule has 0 bridgehead atoms. The second kappa shape index (κ2) is 7.98. The zero-order valence-electron chi connectivity index (χ0n) is 12.1. The number of benzene rings is 1. The van der Waals surface area contributed by atoms with Crippen molar-refractivity contribution in [2.24, 2.45) is 0 Å². The van der Waals surface area contributed by atoms with Crippen molar-refractivity contribution < 1.29 is 4.74 Å². The van der Waals surface area contributed by atoms with E-state index in [1.165, 1.54) is 18.5 Å². The SMILES string of the molecule is CCCCNCC(C)Oc1cccc(N(C)C)c1. The molecule has 1 rings (SSSR count). The maximum atomic E-state index is 5.90. The summed E-state index contributed by atoms with van der Waals surface area (Å²) in [5.74, 6) is 0.936. The summed E-state index contributed by atoms with van der Waals surface area (Å²) >= 11 is 0. The Labute approximate surface area is 111 Å². The van der Waals surface area contributed by atoms with E-state index in [-0.39, 0.29) is 6.10 Å². The van der Waals surface area contributed by atoms with Crippen molar-refractivity contribution in [2.75, 3.05) is 32.1 Å². The molecule has 1 unspecified atom stereocenters. The van der Waals surface area contributed by atoms with Crippen LogP contribution in [0, 0.1) is 0 Å². The van der Waals surface area contributed by atoms with E-state index < -0.39 is 0 Å². The predicted molar refractivity (Wildman–Crippen MR) is 78.6 cm³/mol. The van der Waals surface area contributed by atoms with Gasteiger partial charge in [0.1, 0.15) is 11.9 Å². The maximum Gasteiger partial charge on any atom is 0.121 e. The molecule has 0 aliphatic rings. The van der Waals surface area contributed by atoms with Crippen molar-refractivity contribution in [3.8, 4) is 5.75 Å². The highest BCUT2D eigenvalue weighted by Gasteiger charge is 2.04. The Morgan fingerprint density at radius 3 is 2.78 bits per heavy atom. The van der Waals surface area contributed by atoms with Crippen LogP contribution in [0.15, 0.2) is 24.3 Å². The Morgan fingerprint density at radius 2 is 2.11 bits per heavy atom. The summed E-state index contributed by atoms with van der Waals surface area (Å²) in [4.78, 5) is 2.08. The summed E-state index contributed by atoms with van der Waals surface area (Å²) in [6.45, 7) is 6.27. The standard InChI is InChI=1S/C15H26N2O/c1-5-6-10-16-12-13(2)18-15-9-7-8-14(11-15)17(3)4/h7-9,11,13,16H,5-6,10,12H2,1-4H3. The summed E-state index contributed by atoms with van der Waals surface area (Å²) in [6, 6.07) is 8.19. The van der Waals surface area contributed by atoms with Crippen molar-refractivity contribution in [1.29, 1.82) is 0 Å². The highest BCUT2D eigenvalue weighted by atomic mass is 16.5. The highest BCUT2D eigenvalue weighted by Crippen LogP contribution is 2.20. The molecule has 18 heavy (non-hydrogen) atoms. The Balaban J connectivity index is 2.39. The molecule has 0 spiro atoms. The van der Waals surface area contributed by atoms with Gasteiger partial charge in [-0.1, -0.05) is 19.4 Å². The number of hydrogen-bond acceptors (Lipinski definition) is 3. The molecule has 1 aromatic rings. The van der Waals surface area contributed by atoms with E-state index in [2.05, 4.69) is 36.2 Å². The lowest BCUT2D eigenvalue weighted by Gasteiger charge is -2.18. The molecule has 3 heteroatoms. The van der Waals surface area contributed by atoms with Crippen molar-refractivity contribution >= 4 is 5.69 Å². The lowest BCUT2D eigenvalue weighted by molar-refractivity contribution is 0.217. The van der Waals surface area contributed by atoms with E-state index in [1.54, 1.807) is 0 Å². The smallest absolute Gasteiger partial charge is 0.121 e. The number of nitrogens with zero attached hydrogens (tertiary/aromatic N) is 1. The largest absolute Gasteiger partial charge is 0.489 e. The minimum absolute atomic E-state index is 0.194. The van der Waals surface area contributed by atoms with Crippen LogP contribution in [0.25, 0.3) is 0 Å². The van der Waals surface area contributed by atoms with Gasteiger partial charge in [-0.2, -0.15) is 0 Å². The lowest BCUT2D eigenvalue weighted by Crippen LogP contribution is -2.29. The minimum Gasteiger partial charge on any atom is -0.489 e. The molecule has 0 amide bonds. The quantitative estimate of drug-likeness (QED) is 0.718. The Bertz CT molecular complexity index is 339. The van der Waals surface area contributed by atoms with Gasteiger partial charge in [0.15, 0.2) is 0 Å². The molecule has 0 radical (unpaired) electrons. The maximum absolute atomic E-state index is 5.90. The summed E-state index contributed by atoms with van der Waals surface area (Å²) in [6.07, 6.45) is 2.65. The molecule has 0 aromatic heterocycles. The third kappa shape index (κ3) is 5.41. The summed E-state index contributed by atoms with van der Waals surface area (Å²) in [5, 5.41) is 3.41. The average molecular weight is 250 g/mol. The first-order chi connectivity index (χ1) is 8.63. The fourth-order valence-electron chi connectivity index (χ4n) is 1.72. The summed E-state index contributed by atoms with van der Waals surface area (Å²) in [5.41, 5.74) is 1.17. The van der Waals surface area contributed by atoms with Gasteiger partial charge in [0, 0.05) is 32.4 Å². The number of rotatable bonds is 8. The van der Waals surface area contributed by atoms with Crippen molar-refractivity contribution in [3.05, 3.63) is 24.3 Å². The van der Waals surface area contributed by atoms with Gasteiger partial charge in [0.25, 0.3) is 0 Å². The van der Waals surface area contributed by atoms with E-state index in [4.69, 9.17) is 4.74 Å². The first kappa shape index (κ1) is 14.8. The normalized spacial score (nSPS) is 12.2. The Kier molecular flexibility index (Phi) is 6.58. The van der Waals surface area contributed by atoms with Crippen molar-refractivity contribution in [2.45, 2.75) is 32.8 Å². The van der Waals surface area contributed by atoms with Crippen LogP contribution < -0.4 is 15.0 Å². The molecule has 1 N–H and O–H groups in total. The van der Waals surface area contributed by atoms with Crippen LogP contribution >= 0.6 is 0 Å². The van der Waals surface area contributed by atoms with E-state index >= 15 is 0 Å². The molecule has 3 nitrogen and oxygen atoms in total. The molecular weight excluding hydrogens is 224 g/mol. The van der Waals surface area contributed by atoms with E-state index in [0.717, 1.165) is 18.8 Å². The molecule has 0 saturated carbocycles. The fraction of sp³-hybridized carbons (Fsp3) is 0.600. The van der Waals surface area contributed by atoms with E-state index in [0.29, 0.717) is 0 Å². The molecule has 0 saturated heterocycles. The van der Waals surface area contributed by atoms with Crippen LogP contribution in [0.1, 0.15) is 26.7 Å². The topological polar surface area (TPSA) is 24.5 Å². The third-order valence-corrected chi connectivity index (χ3v) is 2.81. The van der Waals surface area contributed by atoms with E-state index in [9.17, 15) is 0 Å². The van der Waals surface area contributed by atoms with Gasteiger partial charge in [-0.15, -0.1) is 0 Å². The van der Waals surface area contributed by atoms with Gasteiger partial charge in [-0.05, 0) is 32.0 Å². The second-order valence-electron chi connectivity index (χ2n) is 4.88. The third-order valence-electron chi connectivity index (χ3n) is 2.81. The van der Waals surface area contributed by atoms with Crippen LogP contribution in [0.5, 0.6) is 5.75 Å². The number of ether oxygens (including phenoxy) is 1. The number of anilines is 1. The Hall–Kier alpha value is -1.22. The van der Waals surface area contributed by atoms with Gasteiger partial charge >= 0.3 is 0 Å². The zero-order valence-corrected chi connectivity index (χ0v) is 12.1. The molecule has 0 aliphatic heterocycles. The second-order valence-corrected chi connectivity index (χ2v) is 4.88. The first-order valence-corrected chi connectivity index (χ1v) is 6.78. The first-order valence-electron chi connectivity index (χ1n) is 6.78. The van der Waals surface area contributed by atoms with Crippen LogP contribution in [0.2, 0.25) is 0 Å². The fourth-order valence-corrected chi connectivity index (χ4v) is 1.72. The molecule has 0 heterocycles. The van der Waals surface area contributed by atoms with Gasteiger partial charge < -0.3 is 15.0 Å². The molecular formula is C15H26N2O.